The standard InChI is InChI=1S/C16H10Cl4N2O2/c1-8-2-5-13-12(6-8)21-14(24-13)9-3-4-10(17)11(7-9)22-15(23)16(18,19)20/h2-7H,1H3,(H,22,23). The molecule has 0 bridgehead atoms. The molecule has 0 radical (unpaired) electrons. The summed E-state index contributed by atoms with van der Waals surface area (Å²) in [5, 5.41) is 2.77. The Labute approximate surface area is 157 Å². The van der Waals surface area contributed by atoms with Crippen molar-refractivity contribution in [3.05, 3.63) is 47.0 Å². The van der Waals surface area contributed by atoms with Gasteiger partial charge in [0.05, 0.1) is 10.7 Å². The Morgan fingerprint density at radius 1 is 1.17 bits per heavy atom. The SMILES string of the molecule is Cc1ccc2oc(-c3ccc(Cl)c(NC(=O)C(Cl)(Cl)Cl)c3)nc2c1. The van der Waals surface area contributed by atoms with Crippen LogP contribution in [0.5, 0.6) is 0 Å². The zero-order valence-electron chi connectivity index (χ0n) is 12.2. The minimum absolute atomic E-state index is 0.295. The Bertz CT molecular complexity index is 931. The summed E-state index contributed by atoms with van der Waals surface area (Å²) in [6.07, 6.45) is 0. The van der Waals surface area contributed by atoms with Gasteiger partial charge in [0.1, 0.15) is 5.52 Å². The van der Waals surface area contributed by atoms with E-state index < -0.39 is 9.70 Å². The Morgan fingerprint density at radius 3 is 2.62 bits per heavy atom. The van der Waals surface area contributed by atoms with Gasteiger partial charge in [-0.15, -0.1) is 0 Å². The number of halogens is 4. The molecule has 0 aliphatic heterocycles. The van der Waals surface area contributed by atoms with Crippen LogP contribution in [0.25, 0.3) is 22.6 Å². The zero-order chi connectivity index (χ0) is 17.5. The van der Waals surface area contributed by atoms with Crippen molar-refractivity contribution in [1.82, 2.24) is 4.98 Å². The molecule has 4 nitrogen and oxygen atoms in total. The normalized spacial score (nSPS) is 11.7. The van der Waals surface area contributed by atoms with Crippen molar-refractivity contribution in [1.29, 1.82) is 0 Å². The fourth-order valence-electron chi connectivity index (χ4n) is 2.11. The minimum Gasteiger partial charge on any atom is -0.436 e. The molecular formula is C16H10Cl4N2O2. The average Bonchev–Trinajstić information content (AvgIpc) is 2.91. The van der Waals surface area contributed by atoms with Crippen LogP contribution >= 0.6 is 46.4 Å². The highest BCUT2D eigenvalue weighted by Crippen LogP contribution is 2.33. The lowest BCUT2D eigenvalue weighted by molar-refractivity contribution is -0.115. The molecule has 0 fully saturated rings. The third kappa shape index (κ3) is 3.62. The molecule has 0 unspecified atom stereocenters. The van der Waals surface area contributed by atoms with Gasteiger partial charge in [-0.1, -0.05) is 52.5 Å². The number of benzene rings is 2. The molecule has 3 aromatic rings. The smallest absolute Gasteiger partial charge is 0.276 e. The molecule has 0 aliphatic rings. The van der Waals surface area contributed by atoms with Crippen molar-refractivity contribution in [3.8, 4) is 11.5 Å². The van der Waals surface area contributed by atoms with Gasteiger partial charge in [0, 0.05) is 5.56 Å². The van der Waals surface area contributed by atoms with Crippen molar-refractivity contribution in [2.75, 3.05) is 5.32 Å². The molecule has 0 atom stereocenters. The Hall–Kier alpha value is -1.46. The van der Waals surface area contributed by atoms with Crippen LogP contribution in [0, 0.1) is 6.92 Å². The number of alkyl halides is 3. The van der Waals surface area contributed by atoms with E-state index in [1.54, 1.807) is 18.2 Å². The van der Waals surface area contributed by atoms with Crippen molar-refractivity contribution in [2.24, 2.45) is 0 Å². The van der Waals surface area contributed by atoms with Gasteiger partial charge < -0.3 is 9.73 Å². The summed E-state index contributed by atoms with van der Waals surface area (Å²) in [6, 6.07) is 10.6. The van der Waals surface area contributed by atoms with Crippen LogP contribution in [0.15, 0.2) is 40.8 Å². The number of carbonyl (C=O) groups is 1. The van der Waals surface area contributed by atoms with Gasteiger partial charge in [-0.3, -0.25) is 4.79 Å². The molecular weight excluding hydrogens is 394 g/mol. The number of amides is 1. The maximum atomic E-state index is 11.8. The molecule has 1 N–H and O–H groups in total. The summed E-state index contributed by atoms with van der Waals surface area (Å²) in [6.45, 7) is 1.97. The number of oxazole rings is 1. The molecule has 0 saturated carbocycles. The first-order valence-corrected chi connectivity index (χ1v) is 8.30. The number of aryl methyl sites for hydroxylation is 1. The number of rotatable bonds is 2. The van der Waals surface area contributed by atoms with E-state index in [0.29, 0.717) is 27.7 Å². The van der Waals surface area contributed by atoms with E-state index in [2.05, 4.69) is 10.3 Å². The second-order valence-corrected chi connectivity index (χ2v) is 7.83. The summed E-state index contributed by atoms with van der Waals surface area (Å²) >= 11 is 22.7. The van der Waals surface area contributed by atoms with E-state index >= 15 is 0 Å². The highest BCUT2D eigenvalue weighted by atomic mass is 35.6. The van der Waals surface area contributed by atoms with Gasteiger partial charge in [0.15, 0.2) is 5.58 Å². The number of hydrogen-bond acceptors (Lipinski definition) is 3. The molecule has 1 heterocycles. The first-order chi connectivity index (χ1) is 11.2. The van der Waals surface area contributed by atoms with Crippen LogP contribution in [0.4, 0.5) is 5.69 Å². The molecule has 0 saturated heterocycles. The van der Waals surface area contributed by atoms with E-state index in [4.69, 9.17) is 50.8 Å². The van der Waals surface area contributed by atoms with Gasteiger partial charge in [-0.25, -0.2) is 4.98 Å². The molecule has 3 rings (SSSR count). The molecule has 124 valence electrons. The van der Waals surface area contributed by atoms with Gasteiger partial charge in [-0.2, -0.15) is 0 Å². The molecule has 24 heavy (non-hydrogen) atoms. The minimum atomic E-state index is -2.09. The van der Waals surface area contributed by atoms with E-state index in [1.165, 1.54) is 0 Å². The number of fused-ring (bicyclic) bond motifs is 1. The third-order valence-corrected chi connectivity index (χ3v) is 4.11. The van der Waals surface area contributed by atoms with Gasteiger partial charge in [0.2, 0.25) is 5.89 Å². The van der Waals surface area contributed by atoms with Crippen LogP contribution < -0.4 is 5.32 Å². The largest absolute Gasteiger partial charge is 0.436 e. The molecule has 0 aliphatic carbocycles. The second-order valence-electron chi connectivity index (χ2n) is 5.14. The van der Waals surface area contributed by atoms with Crippen LogP contribution in [0.2, 0.25) is 5.02 Å². The lowest BCUT2D eigenvalue weighted by atomic mass is 10.2. The Balaban J connectivity index is 1.99. The zero-order valence-corrected chi connectivity index (χ0v) is 15.3. The number of anilines is 1. The highest BCUT2D eigenvalue weighted by Gasteiger charge is 2.31. The van der Waals surface area contributed by atoms with Gasteiger partial charge in [0.25, 0.3) is 9.70 Å². The van der Waals surface area contributed by atoms with Crippen molar-refractivity contribution >= 4 is 69.1 Å². The first kappa shape index (κ1) is 17.4. The summed E-state index contributed by atoms with van der Waals surface area (Å²) in [5.41, 5.74) is 3.41. The Morgan fingerprint density at radius 2 is 1.92 bits per heavy atom. The second kappa shape index (κ2) is 6.45. The van der Waals surface area contributed by atoms with Gasteiger partial charge >= 0.3 is 0 Å². The quantitative estimate of drug-likeness (QED) is 0.553. The van der Waals surface area contributed by atoms with E-state index in [1.807, 2.05) is 25.1 Å². The van der Waals surface area contributed by atoms with E-state index in [-0.39, 0.29) is 0 Å². The van der Waals surface area contributed by atoms with Crippen molar-refractivity contribution in [3.63, 3.8) is 0 Å². The topological polar surface area (TPSA) is 55.1 Å². The first-order valence-electron chi connectivity index (χ1n) is 6.79. The predicted octanol–water partition coefficient (Wildman–Crippen LogP) is 5.77. The van der Waals surface area contributed by atoms with Crippen LogP contribution in [-0.2, 0) is 4.79 Å². The summed E-state index contributed by atoms with van der Waals surface area (Å²) in [5.74, 6) is -0.406. The molecule has 8 heteroatoms. The maximum Gasteiger partial charge on any atom is 0.276 e. The number of aromatic nitrogens is 1. The van der Waals surface area contributed by atoms with Crippen LogP contribution in [-0.4, -0.2) is 14.7 Å². The van der Waals surface area contributed by atoms with Crippen LogP contribution in [0.1, 0.15) is 5.56 Å². The fraction of sp³-hybridized carbons (Fsp3) is 0.125. The Kier molecular flexibility index (Phi) is 4.67. The summed E-state index contributed by atoms with van der Waals surface area (Å²) < 4.78 is 3.64. The third-order valence-electron chi connectivity index (χ3n) is 3.26. The van der Waals surface area contributed by atoms with E-state index in [9.17, 15) is 4.79 Å². The highest BCUT2D eigenvalue weighted by molar-refractivity contribution is 6.76. The fourth-order valence-corrected chi connectivity index (χ4v) is 2.41. The van der Waals surface area contributed by atoms with Gasteiger partial charge in [-0.05, 0) is 42.8 Å². The molecule has 2 aromatic carbocycles. The summed E-state index contributed by atoms with van der Waals surface area (Å²) in [4.78, 5) is 16.2. The lowest BCUT2D eigenvalue weighted by Crippen LogP contribution is -2.27. The number of nitrogens with zero attached hydrogens (tertiary/aromatic N) is 1. The van der Waals surface area contributed by atoms with E-state index in [0.717, 1.165) is 11.1 Å². The molecule has 0 spiro atoms. The van der Waals surface area contributed by atoms with Crippen molar-refractivity contribution < 1.29 is 9.21 Å². The maximum absolute atomic E-state index is 11.8. The summed E-state index contributed by atoms with van der Waals surface area (Å²) in [7, 11) is 0. The lowest BCUT2D eigenvalue weighted by Gasteiger charge is -2.13. The number of nitrogens with one attached hydrogen (secondary N) is 1. The molecule has 1 aromatic heterocycles. The number of carbonyl (C=O) groups excluding carboxylic acids is 1. The predicted molar refractivity (Wildman–Crippen MR) is 98.1 cm³/mol. The van der Waals surface area contributed by atoms with Crippen molar-refractivity contribution in [2.45, 2.75) is 10.7 Å². The molecule has 1 amide bonds. The monoisotopic (exact) mass is 402 g/mol. The average molecular weight is 404 g/mol. The number of hydrogen-bond donors (Lipinski definition) is 1. The van der Waals surface area contributed by atoms with Crippen LogP contribution in [0.3, 0.4) is 0 Å².